The highest BCUT2D eigenvalue weighted by Crippen LogP contribution is 2.09. The van der Waals surface area contributed by atoms with Crippen molar-refractivity contribution in [1.29, 1.82) is 0 Å². The third-order valence-electron chi connectivity index (χ3n) is 2.02. The molecule has 0 aliphatic carbocycles. The van der Waals surface area contributed by atoms with Crippen LogP contribution in [-0.2, 0) is 11.2 Å². The minimum absolute atomic E-state index is 0.119. The van der Waals surface area contributed by atoms with Crippen LogP contribution >= 0.6 is 0 Å². The number of halogens is 2. The Hall–Kier alpha value is -1.43. The predicted molar refractivity (Wildman–Crippen MR) is 54.0 cm³/mol. The van der Waals surface area contributed by atoms with E-state index in [4.69, 9.17) is 10.2 Å². The molecule has 1 aromatic heterocycles. The van der Waals surface area contributed by atoms with Crippen molar-refractivity contribution in [3.05, 3.63) is 24.2 Å². The second-order valence-corrected chi connectivity index (χ2v) is 3.42. The fourth-order valence-electron chi connectivity index (χ4n) is 1.08. The van der Waals surface area contributed by atoms with Crippen molar-refractivity contribution in [1.82, 2.24) is 5.32 Å². The number of carbonyl (C=O) groups is 1. The first-order valence-electron chi connectivity index (χ1n) is 4.90. The fraction of sp³-hybridized carbons (Fsp3) is 0.500. The maximum Gasteiger partial charge on any atom is 0.277 e. The summed E-state index contributed by atoms with van der Waals surface area (Å²) in [6, 6.07) is 3.43. The van der Waals surface area contributed by atoms with E-state index in [1.807, 2.05) is 0 Å². The molecule has 1 rings (SSSR count). The Morgan fingerprint density at radius 1 is 1.56 bits per heavy atom. The fourth-order valence-corrected chi connectivity index (χ4v) is 1.08. The van der Waals surface area contributed by atoms with E-state index in [0.29, 0.717) is 12.2 Å². The van der Waals surface area contributed by atoms with Gasteiger partial charge in [-0.25, -0.2) is 8.78 Å². The minimum atomic E-state index is -3.04. The van der Waals surface area contributed by atoms with Crippen molar-refractivity contribution in [3.8, 4) is 0 Å². The lowest BCUT2D eigenvalue weighted by molar-refractivity contribution is -0.122. The van der Waals surface area contributed by atoms with Crippen molar-refractivity contribution < 1.29 is 18.0 Å². The first-order chi connectivity index (χ1) is 7.53. The molecule has 0 spiro atoms. The van der Waals surface area contributed by atoms with Gasteiger partial charge in [0, 0.05) is 12.8 Å². The molecule has 1 heterocycles. The molecule has 0 bridgehead atoms. The summed E-state index contributed by atoms with van der Waals surface area (Å²) in [7, 11) is 0. The Bertz CT molecular complexity index is 326. The molecule has 0 saturated carbocycles. The van der Waals surface area contributed by atoms with Crippen LogP contribution in [0.3, 0.4) is 0 Å². The number of hydrogen-bond donors (Lipinski definition) is 2. The summed E-state index contributed by atoms with van der Waals surface area (Å²) in [6.07, 6.45) is 2.01. The molecule has 4 nitrogen and oxygen atoms in total. The largest absolute Gasteiger partial charge is 0.469 e. The van der Waals surface area contributed by atoms with E-state index in [1.165, 1.54) is 6.26 Å². The number of aryl methyl sites for hydroxylation is 1. The zero-order valence-corrected chi connectivity index (χ0v) is 8.71. The first-order valence-corrected chi connectivity index (χ1v) is 4.90. The highest BCUT2D eigenvalue weighted by atomic mass is 19.3. The van der Waals surface area contributed by atoms with Crippen LogP contribution in [-0.4, -0.2) is 24.9 Å². The van der Waals surface area contributed by atoms with Crippen LogP contribution in [0.1, 0.15) is 12.2 Å². The Kier molecular flexibility index (Phi) is 4.42. The van der Waals surface area contributed by atoms with E-state index in [9.17, 15) is 13.6 Å². The average molecular weight is 232 g/mol. The van der Waals surface area contributed by atoms with Gasteiger partial charge in [0.25, 0.3) is 5.92 Å². The second kappa shape index (κ2) is 5.60. The molecule has 0 radical (unpaired) electrons. The standard InChI is InChI=1S/C10H14F2N2O2/c11-10(12,6-13)7-14-9(15)4-3-8-2-1-5-16-8/h1-2,5H,3-4,6-7,13H2,(H,14,15). The van der Waals surface area contributed by atoms with Gasteiger partial charge in [0.1, 0.15) is 5.76 Å². The van der Waals surface area contributed by atoms with E-state index in [2.05, 4.69) is 5.32 Å². The third kappa shape index (κ3) is 4.39. The SMILES string of the molecule is NCC(F)(F)CNC(=O)CCc1ccco1. The van der Waals surface area contributed by atoms with Crippen LogP contribution in [0, 0.1) is 0 Å². The quantitative estimate of drug-likeness (QED) is 0.766. The normalized spacial score (nSPS) is 11.4. The molecular formula is C10H14F2N2O2. The number of rotatable bonds is 6. The number of carbonyl (C=O) groups excluding carboxylic acids is 1. The zero-order chi connectivity index (χ0) is 12.0. The van der Waals surface area contributed by atoms with Crippen LogP contribution in [0.15, 0.2) is 22.8 Å². The van der Waals surface area contributed by atoms with Gasteiger partial charge in [-0.05, 0) is 12.1 Å². The van der Waals surface area contributed by atoms with Crippen molar-refractivity contribution in [2.75, 3.05) is 13.1 Å². The molecule has 0 unspecified atom stereocenters. The number of nitrogens with one attached hydrogen (secondary N) is 1. The summed E-state index contributed by atoms with van der Waals surface area (Å²) >= 11 is 0. The molecule has 90 valence electrons. The predicted octanol–water partition coefficient (Wildman–Crippen LogP) is 0.922. The van der Waals surface area contributed by atoms with Gasteiger partial charge < -0.3 is 15.5 Å². The van der Waals surface area contributed by atoms with Gasteiger partial charge in [0.15, 0.2) is 0 Å². The molecule has 0 aliphatic rings. The van der Waals surface area contributed by atoms with Gasteiger partial charge in [0.05, 0.1) is 19.4 Å². The van der Waals surface area contributed by atoms with E-state index >= 15 is 0 Å². The van der Waals surface area contributed by atoms with E-state index in [-0.39, 0.29) is 6.42 Å². The highest BCUT2D eigenvalue weighted by molar-refractivity contribution is 5.76. The smallest absolute Gasteiger partial charge is 0.277 e. The Morgan fingerprint density at radius 3 is 2.88 bits per heavy atom. The van der Waals surface area contributed by atoms with Gasteiger partial charge in [-0.2, -0.15) is 0 Å². The Morgan fingerprint density at radius 2 is 2.31 bits per heavy atom. The lowest BCUT2D eigenvalue weighted by Gasteiger charge is -2.14. The van der Waals surface area contributed by atoms with Crippen LogP contribution in [0.25, 0.3) is 0 Å². The second-order valence-electron chi connectivity index (χ2n) is 3.42. The molecule has 6 heteroatoms. The van der Waals surface area contributed by atoms with Gasteiger partial charge in [-0.1, -0.05) is 0 Å². The van der Waals surface area contributed by atoms with E-state index < -0.39 is 24.9 Å². The topological polar surface area (TPSA) is 68.3 Å². The number of alkyl halides is 2. The summed E-state index contributed by atoms with van der Waals surface area (Å²) in [5, 5.41) is 2.13. The molecule has 0 aromatic carbocycles. The monoisotopic (exact) mass is 232 g/mol. The van der Waals surface area contributed by atoms with E-state index in [1.54, 1.807) is 12.1 Å². The van der Waals surface area contributed by atoms with Crippen LogP contribution in [0.5, 0.6) is 0 Å². The highest BCUT2D eigenvalue weighted by Gasteiger charge is 2.26. The average Bonchev–Trinajstić information content (AvgIpc) is 2.76. The van der Waals surface area contributed by atoms with Crippen molar-refractivity contribution in [2.24, 2.45) is 5.73 Å². The Balaban J connectivity index is 2.21. The number of furan rings is 1. The summed E-state index contributed by atoms with van der Waals surface area (Å²) in [6.45, 7) is -1.49. The molecule has 1 aromatic rings. The number of amides is 1. The molecule has 0 saturated heterocycles. The van der Waals surface area contributed by atoms with E-state index in [0.717, 1.165) is 0 Å². The molecule has 0 aliphatic heterocycles. The molecule has 3 N–H and O–H groups in total. The molecule has 1 amide bonds. The first kappa shape index (κ1) is 12.6. The van der Waals surface area contributed by atoms with Crippen LogP contribution in [0.2, 0.25) is 0 Å². The van der Waals surface area contributed by atoms with Gasteiger partial charge >= 0.3 is 0 Å². The summed E-state index contributed by atoms with van der Waals surface area (Å²) in [5.41, 5.74) is 4.83. The number of hydrogen-bond acceptors (Lipinski definition) is 3. The van der Waals surface area contributed by atoms with Crippen LogP contribution < -0.4 is 11.1 Å². The molecule has 16 heavy (non-hydrogen) atoms. The summed E-state index contributed by atoms with van der Waals surface area (Å²) in [5.74, 6) is -2.83. The van der Waals surface area contributed by atoms with Crippen molar-refractivity contribution in [2.45, 2.75) is 18.8 Å². The lowest BCUT2D eigenvalue weighted by Crippen LogP contribution is -2.41. The third-order valence-corrected chi connectivity index (χ3v) is 2.02. The molecule has 0 fully saturated rings. The Labute approximate surface area is 91.8 Å². The van der Waals surface area contributed by atoms with Gasteiger partial charge in [0.2, 0.25) is 5.91 Å². The lowest BCUT2D eigenvalue weighted by atomic mass is 10.2. The van der Waals surface area contributed by atoms with Gasteiger partial charge in [-0.15, -0.1) is 0 Å². The zero-order valence-electron chi connectivity index (χ0n) is 8.71. The summed E-state index contributed by atoms with van der Waals surface area (Å²) in [4.78, 5) is 11.2. The van der Waals surface area contributed by atoms with Crippen molar-refractivity contribution >= 4 is 5.91 Å². The molecular weight excluding hydrogens is 218 g/mol. The minimum Gasteiger partial charge on any atom is -0.469 e. The molecule has 0 atom stereocenters. The number of nitrogens with two attached hydrogens (primary N) is 1. The summed E-state index contributed by atoms with van der Waals surface area (Å²) < 4.78 is 30.3. The maximum absolute atomic E-state index is 12.7. The van der Waals surface area contributed by atoms with Crippen LogP contribution in [0.4, 0.5) is 8.78 Å². The van der Waals surface area contributed by atoms with Gasteiger partial charge in [-0.3, -0.25) is 4.79 Å². The maximum atomic E-state index is 12.7. The van der Waals surface area contributed by atoms with Crippen molar-refractivity contribution in [3.63, 3.8) is 0 Å².